The van der Waals surface area contributed by atoms with Crippen molar-refractivity contribution in [2.24, 2.45) is 5.41 Å². The highest BCUT2D eigenvalue weighted by molar-refractivity contribution is 5.93. The fraction of sp³-hybridized carbons (Fsp3) is 0.423. The molecule has 0 spiro atoms. The molecule has 0 radical (unpaired) electrons. The number of aromatic nitrogens is 3. The van der Waals surface area contributed by atoms with E-state index in [0.29, 0.717) is 30.6 Å². The Morgan fingerprint density at radius 2 is 1.81 bits per heavy atom. The van der Waals surface area contributed by atoms with E-state index in [1.165, 1.54) is 16.8 Å². The third kappa shape index (κ3) is 3.81. The first-order valence-corrected chi connectivity index (χ1v) is 11.6. The van der Waals surface area contributed by atoms with Crippen molar-refractivity contribution in [1.82, 2.24) is 14.5 Å². The molecule has 2 aliphatic rings. The second kappa shape index (κ2) is 8.02. The molecule has 0 saturated heterocycles. The molecule has 1 aromatic carbocycles. The molecule has 3 heterocycles. The van der Waals surface area contributed by atoms with Crippen LogP contribution in [0.5, 0.6) is 0 Å². The van der Waals surface area contributed by atoms with Gasteiger partial charge in [-0.2, -0.15) is 18.2 Å². The number of hydrogen-bond acceptors (Lipinski definition) is 4. The summed E-state index contributed by atoms with van der Waals surface area (Å²) in [4.78, 5) is 23.1. The van der Waals surface area contributed by atoms with E-state index in [1.54, 1.807) is 31.7 Å². The van der Waals surface area contributed by atoms with Gasteiger partial charge in [-0.1, -0.05) is 5.92 Å². The molecule has 1 saturated carbocycles. The summed E-state index contributed by atoms with van der Waals surface area (Å²) in [6, 6.07) is 3.95. The summed E-state index contributed by atoms with van der Waals surface area (Å²) < 4.78 is 71.0. The van der Waals surface area contributed by atoms with Crippen molar-refractivity contribution in [3.05, 3.63) is 57.8 Å². The van der Waals surface area contributed by atoms with Gasteiger partial charge in [-0.25, -0.2) is 18.6 Å². The molecule has 0 atom stereocenters. The fourth-order valence-corrected chi connectivity index (χ4v) is 4.71. The van der Waals surface area contributed by atoms with E-state index in [1.807, 2.05) is 0 Å². The Balaban J connectivity index is 1.70. The first-order valence-electron chi connectivity index (χ1n) is 11.6. The predicted molar refractivity (Wildman–Crippen MR) is 125 cm³/mol. The monoisotopic (exact) mass is 502 g/mol. The first-order chi connectivity index (χ1) is 16.8. The number of halogens is 5. The lowest BCUT2D eigenvalue weighted by Crippen LogP contribution is -2.38. The van der Waals surface area contributed by atoms with Gasteiger partial charge in [0.15, 0.2) is 17.5 Å². The topological polar surface area (TPSA) is 51.0 Å². The van der Waals surface area contributed by atoms with Gasteiger partial charge in [-0.05, 0) is 70.6 Å². The number of rotatable bonds is 1. The van der Waals surface area contributed by atoms with Crippen LogP contribution in [-0.2, 0) is 12.0 Å². The van der Waals surface area contributed by atoms with E-state index < -0.39 is 34.5 Å². The molecule has 1 aliphatic carbocycles. The van der Waals surface area contributed by atoms with Gasteiger partial charge in [0, 0.05) is 29.5 Å². The highest BCUT2D eigenvalue weighted by Gasteiger charge is 2.62. The third-order valence-electron chi connectivity index (χ3n) is 6.70. The molecule has 5 rings (SSSR count). The predicted octanol–water partition coefficient (Wildman–Crippen LogP) is 5.60. The van der Waals surface area contributed by atoms with Gasteiger partial charge in [-0.3, -0.25) is 4.57 Å². The normalized spacial score (nSPS) is 16.9. The maximum Gasteiger partial charge on any atom is 0.405 e. The molecular weight excluding hydrogens is 479 g/mol. The minimum Gasteiger partial charge on any atom is -0.325 e. The second-order valence-corrected chi connectivity index (χ2v) is 10.2. The molecule has 36 heavy (non-hydrogen) atoms. The molecule has 1 aliphatic heterocycles. The van der Waals surface area contributed by atoms with Crippen LogP contribution >= 0.6 is 0 Å². The average Bonchev–Trinajstić information content (AvgIpc) is 3.60. The van der Waals surface area contributed by atoms with Gasteiger partial charge < -0.3 is 4.90 Å². The molecule has 188 valence electrons. The minimum atomic E-state index is -4.41. The molecule has 0 amide bonds. The van der Waals surface area contributed by atoms with Gasteiger partial charge in [0.05, 0.1) is 10.9 Å². The molecule has 10 heteroatoms. The number of fused-ring (bicyclic) bond motifs is 2. The number of benzene rings is 1. The summed E-state index contributed by atoms with van der Waals surface area (Å²) in [5, 5.41) is -0.143. The number of hydrogen-bond donors (Lipinski definition) is 0. The van der Waals surface area contributed by atoms with E-state index in [0.717, 1.165) is 6.07 Å². The molecule has 1 fully saturated rings. The Kier molecular flexibility index (Phi) is 5.39. The van der Waals surface area contributed by atoms with Gasteiger partial charge in [0.2, 0.25) is 0 Å². The summed E-state index contributed by atoms with van der Waals surface area (Å²) >= 11 is 0. The Hall–Kier alpha value is -3.48. The molecule has 3 aromatic rings. The number of alkyl halides is 3. The molecule has 2 aromatic heterocycles. The number of nitrogens with zero attached hydrogens (tertiary/aromatic N) is 4. The average molecular weight is 502 g/mol. The van der Waals surface area contributed by atoms with E-state index in [-0.39, 0.29) is 35.3 Å². The fourth-order valence-electron chi connectivity index (χ4n) is 4.71. The van der Waals surface area contributed by atoms with Crippen LogP contribution in [0.4, 0.5) is 33.5 Å². The quantitative estimate of drug-likeness (QED) is 0.321. The van der Waals surface area contributed by atoms with Gasteiger partial charge in [0.25, 0.3) is 0 Å². The van der Waals surface area contributed by atoms with Crippen molar-refractivity contribution >= 4 is 22.4 Å². The van der Waals surface area contributed by atoms with Crippen molar-refractivity contribution in [2.45, 2.75) is 58.2 Å². The van der Waals surface area contributed by atoms with Crippen molar-refractivity contribution in [3.63, 3.8) is 0 Å². The van der Waals surface area contributed by atoms with Gasteiger partial charge in [-0.15, -0.1) is 0 Å². The van der Waals surface area contributed by atoms with Crippen molar-refractivity contribution in [2.75, 3.05) is 11.4 Å². The maximum atomic E-state index is 15.2. The lowest BCUT2D eigenvalue weighted by Gasteiger charge is -2.32. The minimum absolute atomic E-state index is 0.0462. The summed E-state index contributed by atoms with van der Waals surface area (Å²) in [5.41, 5.74) is -1.90. The van der Waals surface area contributed by atoms with E-state index >= 15 is 4.39 Å². The Morgan fingerprint density at radius 1 is 1.08 bits per heavy atom. The molecule has 0 bridgehead atoms. The summed E-state index contributed by atoms with van der Waals surface area (Å²) in [7, 11) is 0. The van der Waals surface area contributed by atoms with Crippen LogP contribution in [0.3, 0.4) is 0 Å². The van der Waals surface area contributed by atoms with E-state index in [2.05, 4.69) is 21.8 Å². The lowest BCUT2D eigenvalue weighted by atomic mass is 9.99. The standard InChI is InChI=1S/C26H23F5N4O/c1-24(2,3)35-19-7-6-16(27)21(28)20(19)22(33-23(35)36)34-14-4-5-15-17(32-13-9-18(15)34)8-10-25(11-12-25)26(29,30)31/h6-7,9,13H,4-5,11-12,14H2,1-3H3. The first kappa shape index (κ1) is 24.2. The second-order valence-electron chi connectivity index (χ2n) is 10.2. The van der Waals surface area contributed by atoms with E-state index in [4.69, 9.17) is 0 Å². The SMILES string of the molecule is CC(C)(C)n1c(=O)nc(N2CCCc3c2ccnc3C#CC2(C(F)(F)F)CC2)c2c(F)c(F)ccc21. The van der Waals surface area contributed by atoms with Crippen molar-refractivity contribution < 1.29 is 22.0 Å². The van der Waals surface area contributed by atoms with Crippen molar-refractivity contribution in [3.8, 4) is 11.8 Å². The van der Waals surface area contributed by atoms with Crippen LogP contribution in [0.2, 0.25) is 0 Å². The lowest BCUT2D eigenvalue weighted by molar-refractivity contribution is -0.168. The maximum absolute atomic E-state index is 15.2. The number of pyridine rings is 1. The molecule has 0 unspecified atom stereocenters. The molecular formula is C26H23F5N4O. The smallest absolute Gasteiger partial charge is 0.325 e. The Labute approximate surface area is 204 Å². The summed E-state index contributed by atoms with van der Waals surface area (Å²) in [5.74, 6) is 2.74. The zero-order valence-corrected chi connectivity index (χ0v) is 19.9. The van der Waals surface area contributed by atoms with E-state index in [9.17, 15) is 22.4 Å². The van der Waals surface area contributed by atoms with Crippen LogP contribution in [0, 0.1) is 28.9 Å². The van der Waals surface area contributed by atoms with Crippen LogP contribution < -0.4 is 10.6 Å². The molecule has 0 N–H and O–H groups in total. The Bertz CT molecular complexity index is 1500. The zero-order chi connectivity index (χ0) is 26.0. The van der Waals surface area contributed by atoms with Gasteiger partial charge in [0.1, 0.15) is 11.1 Å². The summed E-state index contributed by atoms with van der Waals surface area (Å²) in [6.45, 7) is 5.62. The molecule has 5 nitrogen and oxygen atoms in total. The largest absolute Gasteiger partial charge is 0.405 e. The number of anilines is 2. The third-order valence-corrected chi connectivity index (χ3v) is 6.70. The highest BCUT2D eigenvalue weighted by Crippen LogP contribution is 2.57. The van der Waals surface area contributed by atoms with Crippen LogP contribution in [0.15, 0.2) is 29.2 Å². The zero-order valence-electron chi connectivity index (χ0n) is 19.9. The Morgan fingerprint density at radius 3 is 2.44 bits per heavy atom. The highest BCUT2D eigenvalue weighted by atomic mass is 19.4. The van der Waals surface area contributed by atoms with Crippen LogP contribution in [0.25, 0.3) is 10.9 Å². The van der Waals surface area contributed by atoms with Gasteiger partial charge >= 0.3 is 11.9 Å². The van der Waals surface area contributed by atoms with Crippen LogP contribution in [0.1, 0.15) is 51.3 Å². The van der Waals surface area contributed by atoms with Crippen molar-refractivity contribution in [1.29, 1.82) is 0 Å². The van der Waals surface area contributed by atoms with Crippen LogP contribution in [-0.4, -0.2) is 27.3 Å². The summed E-state index contributed by atoms with van der Waals surface area (Å²) in [6.07, 6.45) is -2.09.